The normalized spacial score (nSPS) is 20.0. The predicted octanol–water partition coefficient (Wildman–Crippen LogP) is 5.47. The minimum Gasteiger partial charge on any atom is -0.468 e. The van der Waals surface area contributed by atoms with Gasteiger partial charge in [0, 0.05) is 18.1 Å². The van der Waals surface area contributed by atoms with Gasteiger partial charge in [0.05, 0.1) is 24.0 Å². The van der Waals surface area contributed by atoms with Crippen molar-refractivity contribution in [3.8, 4) is 0 Å². The lowest BCUT2D eigenvalue weighted by Gasteiger charge is -2.40. The van der Waals surface area contributed by atoms with Gasteiger partial charge in [-0.25, -0.2) is 0 Å². The summed E-state index contributed by atoms with van der Waals surface area (Å²) in [6, 6.07) is 10.9. The number of ether oxygens (including phenoxy) is 1. The number of alkyl halides is 3. The van der Waals surface area contributed by atoms with E-state index in [0.29, 0.717) is 17.9 Å². The lowest BCUT2D eigenvalue weighted by molar-refractivity contribution is -0.148. The Hall–Kier alpha value is -2.54. The van der Waals surface area contributed by atoms with E-state index >= 15 is 0 Å². The summed E-state index contributed by atoms with van der Waals surface area (Å²) in [7, 11) is 1.20. The summed E-state index contributed by atoms with van der Waals surface area (Å²) >= 11 is 6.19. The van der Waals surface area contributed by atoms with E-state index in [1.807, 2.05) is 6.07 Å². The maximum absolute atomic E-state index is 13.9. The van der Waals surface area contributed by atoms with Crippen molar-refractivity contribution in [3.63, 3.8) is 0 Å². The molecule has 8 heteroatoms. The van der Waals surface area contributed by atoms with Crippen LogP contribution >= 0.6 is 11.6 Å². The van der Waals surface area contributed by atoms with E-state index in [1.54, 1.807) is 18.2 Å². The molecule has 1 unspecified atom stereocenters. The molecular weight excluding hydrogens is 443 g/mol. The maximum Gasteiger partial charge on any atom is 0.416 e. The Morgan fingerprint density at radius 3 is 2.44 bits per heavy atom. The number of rotatable bonds is 3. The van der Waals surface area contributed by atoms with Crippen molar-refractivity contribution in [1.29, 1.82) is 0 Å². The fourth-order valence-electron chi connectivity index (χ4n) is 5.14. The summed E-state index contributed by atoms with van der Waals surface area (Å²) in [6.45, 7) is -0.234. The molecule has 1 aliphatic heterocycles. The van der Waals surface area contributed by atoms with Crippen molar-refractivity contribution in [2.75, 3.05) is 13.7 Å². The molecule has 4 rings (SSSR count). The number of halogens is 4. The molecule has 2 aromatic rings. The molecule has 170 valence electrons. The van der Waals surface area contributed by atoms with Crippen molar-refractivity contribution < 1.29 is 27.5 Å². The molecule has 1 heterocycles. The average Bonchev–Trinajstić information content (AvgIpc) is 3.27. The standard InChI is InChI=1S/C24H23ClF3NO3/c1-32-21(30)19-14-29(13-18-17(19)8-5-9-20(18)24(26,27)28)22(31)23(10-2-3-11-23)15-6-4-7-16(25)12-15/h4-9,12,19H,2-3,10-11,13-14H2,1H3. The lowest BCUT2D eigenvalue weighted by Crippen LogP contribution is -2.49. The highest BCUT2D eigenvalue weighted by molar-refractivity contribution is 6.30. The third-order valence-electron chi connectivity index (χ3n) is 6.66. The van der Waals surface area contributed by atoms with Gasteiger partial charge < -0.3 is 9.64 Å². The van der Waals surface area contributed by atoms with Gasteiger partial charge in [-0.1, -0.05) is 48.7 Å². The molecular formula is C24H23ClF3NO3. The zero-order chi connectivity index (χ0) is 23.1. The number of nitrogens with zero attached hydrogens (tertiary/aromatic N) is 1. The molecule has 1 aliphatic carbocycles. The second-order valence-corrected chi connectivity index (χ2v) is 8.87. The molecule has 1 atom stereocenters. The number of amides is 1. The fourth-order valence-corrected chi connectivity index (χ4v) is 5.33. The number of hydrogen-bond acceptors (Lipinski definition) is 3. The highest BCUT2D eigenvalue weighted by Crippen LogP contribution is 2.46. The van der Waals surface area contributed by atoms with Crippen LogP contribution in [0.15, 0.2) is 42.5 Å². The summed E-state index contributed by atoms with van der Waals surface area (Å²) in [4.78, 5) is 27.8. The van der Waals surface area contributed by atoms with Crippen molar-refractivity contribution >= 4 is 23.5 Å². The van der Waals surface area contributed by atoms with Crippen LogP contribution in [0.4, 0.5) is 13.2 Å². The SMILES string of the molecule is COC(=O)C1CN(C(=O)C2(c3cccc(Cl)c3)CCCC2)Cc2c1cccc2C(F)(F)F. The van der Waals surface area contributed by atoms with Crippen LogP contribution in [-0.2, 0) is 32.5 Å². The Morgan fingerprint density at radius 1 is 1.12 bits per heavy atom. The second-order valence-electron chi connectivity index (χ2n) is 8.43. The minimum absolute atomic E-state index is 0.0257. The van der Waals surface area contributed by atoms with E-state index in [-0.39, 0.29) is 30.1 Å². The lowest BCUT2D eigenvalue weighted by atomic mass is 9.76. The second kappa shape index (κ2) is 8.43. The number of carbonyl (C=O) groups is 2. The van der Waals surface area contributed by atoms with Crippen LogP contribution in [0.2, 0.25) is 5.02 Å². The van der Waals surface area contributed by atoms with E-state index in [1.165, 1.54) is 24.1 Å². The number of hydrogen-bond donors (Lipinski definition) is 0. The monoisotopic (exact) mass is 465 g/mol. The number of methoxy groups -OCH3 is 1. The van der Waals surface area contributed by atoms with Gasteiger partial charge in [0.15, 0.2) is 0 Å². The van der Waals surface area contributed by atoms with E-state index in [2.05, 4.69) is 0 Å². The maximum atomic E-state index is 13.9. The Kier molecular flexibility index (Phi) is 5.96. The van der Waals surface area contributed by atoms with Gasteiger partial charge in [0.2, 0.25) is 5.91 Å². The van der Waals surface area contributed by atoms with Crippen molar-refractivity contribution in [2.45, 2.75) is 49.7 Å². The predicted molar refractivity (Wildman–Crippen MR) is 113 cm³/mol. The van der Waals surface area contributed by atoms with Gasteiger partial charge in [0.25, 0.3) is 0 Å². The molecule has 0 saturated heterocycles. The van der Waals surface area contributed by atoms with Crippen LogP contribution in [-0.4, -0.2) is 30.4 Å². The van der Waals surface area contributed by atoms with Crippen LogP contribution in [0.1, 0.15) is 53.9 Å². The molecule has 2 aromatic carbocycles. The molecule has 2 aliphatic rings. The first-order chi connectivity index (χ1) is 15.2. The number of esters is 1. The van der Waals surface area contributed by atoms with E-state index in [9.17, 15) is 22.8 Å². The Bertz CT molecular complexity index is 1050. The Morgan fingerprint density at radius 2 is 1.81 bits per heavy atom. The van der Waals surface area contributed by atoms with Gasteiger partial charge in [0.1, 0.15) is 0 Å². The molecule has 4 nitrogen and oxygen atoms in total. The summed E-state index contributed by atoms with van der Waals surface area (Å²) in [6.07, 6.45) is -1.78. The molecule has 1 amide bonds. The third-order valence-corrected chi connectivity index (χ3v) is 6.90. The van der Waals surface area contributed by atoms with Gasteiger partial charge in [-0.2, -0.15) is 13.2 Å². The topological polar surface area (TPSA) is 46.6 Å². The average molecular weight is 466 g/mol. The third kappa shape index (κ3) is 3.87. The molecule has 0 radical (unpaired) electrons. The van der Waals surface area contributed by atoms with Crippen LogP contribution in [0.5, 0.6) is 0 Å². The largest absolute Gasteiger partial charge is 0.468 e. The number of benzene rings is 2. The molecule has 0 spiro atoms. The summed E-state index contributed by atoms with van der Waals surface area (Å²) in [5, 5.41) is 0.498. The molecule has 0 N–H and O–H groups in total. The molecule has 1 saturated carbocycles. The highest BCUT2D eigenvalue weighted by Gasteiger charge is 2.48. The summed E-state index contributed by atoms with van der Waals surface area (Å²) in [5.74, 6) is -1.91. The van der Waals surface area contributed by atoms with E-state index in [0.717, 1.165) is 24.5 Å². The van der Waals surface area contributed by atoms with E-state index in [4.69, 9.17) is 16.3 Å². The summed E-state index contributed by atoms with van der Waals surface area (Å²) in [5.41, 5.74) is -0.717. The number of carbonyl (C=O) groups excluding carboxylic acids is 2. The summed E-state index contributed by atoms with van der Waals surface area (Å²) < 4.78 is 46.2. The van der Waals surface area contributed by atoms with Gasteiger partial charge in [-0.05, 0) is 47.7 Å². The zero-order valence-corrected chi connectivity index (χ0v) is 18.3. The van der Waals surface area contributed by atoms with Crippen molar-refractivity contribution in [2.24, 2.45) is 0 Å². The van der Waals surface area contributed by atoms with E-state index < -0.39 is 29.0 Å². The van der Waals surface area contributed by atoms with Crippen LogP contribution in [0.3, 0.4) is 0 Å². The first-order valence-electron chi connectivity index (χ1n) is 10.5. The highest BCUT2D eigenvalue weighted by atomic mass is 35.5. The number of fused-ring (bicyclic) bond motifs is 1. The van der Waals surface area contributed by atoms with Gasteiger partial charge >= 0.3 is 12.1 Å². The molecule has 0 bridgehead atoms. The van der Waals surface area contributed by atoms with Crippen LogP contribution < -0.4 is 0 Å². The van der Waals surface area contributed by atoms with Crippen molar-refractivity contribution in [3.05, 3.63) is 69.7 Å². The van der Waals surface area contributed by atoms with Crippen molar-refractivity contribution in [1.82, 2.24) is 4.90 Å². The smallest absolute Gasteiger partial charge is 0.416 e. The fraction of sp³-hybridized carbons (Fsp3) is 0.417. The van der Waals surface area contributed by atoms with Gasteiger partial charge in [-0.3, -0.25) is 9.59 Å². The van der Waals surface area contributed by atoms with Crippen LogP contribution in [0, 0.1) is 0 Å². The quantitative estimate of drug-likeness (QED) is 0.565. The first-order valence-corrected chi connectivity index (χ1v) is 10.9. The molecule has 0 aromatic heterocycles. The van der Waals surface area contributed by atoms with Crippen LogP contribution in [0.25, 0.3) is 0 Å². The zero-order valence-electron chi connectivity index (χ0n) is 17.5. The minimum atomic E-state index is -4.60. The Balaban J connectivity index is 1.79. The first kappa shape index (κ1) is 22.6. The molecule has 1 fully saturated rings. The molecule has 32 heavy (non-hydrogen) atoms. The van der Waals surface area contributed by atoms with Gasteiger partial charge in [-0.15, -0.1) is 0 Å². The Labute approximate surface area is 189 Å².